The summed E-state index contributed by atoms with van der Waals surface area (Å²) >= 11 is 3.37. The van der Waals surface area contributed by atoms with Crippen molar-refractivity contribution < 1.29 is 4.74 Å². The molecule has 0 spiro atoms. The van der Waals surface area contributed by atoms with Crippen LogP contribution in [0.25, 0.3) is 0 Å². The molecule has 0 radical (unpaired) electrons. The van der Waals surface area contributed by atoms with Crippen molar-refractivity contribution in [3.8, 4) is 5.75 Å². The molecule has 0 bridgehead atoms. The molecule has 1 aliphatic heterocycles. The van der Waals surface area contributed by atoms with E-state index in [4.69, 9.17) is 4.74 Å². The molecule has 1 fully saturated rings. The Labute approximate surface area is 92.0 Å². The monoisotopic (exact) mass is 256 g/mol. The summed E-state index contributed by atoms with van der Waals surface area (Å²) < 4.78 is 6.74. The van der Waals surface area contributed by atoms with Crippen molar-refractivity contribution in [2.75, 3.05) is 13.1 Å². The zero-order chi connectivity index (χ0) is 9.80. The summed E-state index contributed by atoms with van der Waals surface area (Å²) in [6.07, 6.45) is 6.11. The summed E-state index contributed by atoms with van der Waals surface area (Å²) in [5.74, 6) is 0.841. The molecule has 4 heteroatoms. The van der Waals surface area contributed by atoms with Gasteiger partial charge in [-0.05, 0) is 41.4 Å². The molecule has 1 atom stereocenters. The molecule has 2 heterocycles. The normalized spacial score (nSPS) is 21.9. The van der Waals surface area contributed by atoms with E-state index in [1.807, 2.05) is 6.07 Å². The lowest BCUT2D eigenvalue weighted by molar-refractivity contribution is 0.166. The minimum atomic E-state index is 0.292. The second kappa shape index (κ2) is 4.75. The van der Waals surface area contributed by atoms with Crippen LogP contribution in [0.2, 0.25) is 0 Å². The van der Waals surface area contributed by atoms with Gasteiger partial charge in [-0.15, -0.1) is 0 Å². The Balaban J connectivity index is 1.95. The smallest absolute Gasteiger partial charge is 0.139 e. The highest BCUT2D eigenvalue weighted by molar-refractivity contribution is 9.10. The first-order valence-electron chi connectivity index (χ1n) is 4.82. The van der Waals surface area contributed by atoms with Gasteiger partial charge in [-0.2, -0.15) is 0 Å². The van der Waals surface area contributed by atoms with Crippen LogP contribution in [0, 0.1) is 0 Å². The summed E-state index contributed by atoms with van der Waals surface area (Å²) in [5, 5.41) is 3.31. The molecule has 1 aromatic rings. The number of rotatable bonds is 2. The molecule has 1 saturated heterocycles. The zero-order valence-corrected chi connectivity index (χ0v) is 9.46. The Morgan fingerprint density at radius 1 is 1.50 bits per heavy atom. The molecule has 1 N–H and O–H groups in total. The maximum absolute atomic E-state index is 5.78. The maximum Gasteiger partial charge on any atom is 0.139 e. The fraction of sp³-hybridized carbons (Fsp3) is 0.500. The predicted octanol–water partition coefficient (Wildman–Crippen LogP) is 1.97. The molecule has 3 nitrogen and oxygen atoms in total. The first-order valence-corrected chi connectivity index (χ1v) is 5.62. The van der Waals surface area contributed by atoms with Gasteiger partial charge in [-0.1, -0.05) is 0 Å². The van der Waals surface area contributed by atoms with Gasteiger partial charge in [-0.25, -0.2) is 0 Å². The number of pyridine rings is 1. The van der Waals surface area contributed by atoms with E-state index in [0.717, 1.165) is 29.7 Å². The quantitative estimate of drug-likeness (QED) is 0.879. The molecule has 0 aromatic carbocycles. The lowest BCUT2D eigenvalue weighted by atomic mass is 10.1. The molecule has 0 amide bonds. The van der Waals surface area contributed by atoms with E-state index in [-0.39, 0.29) is 0 Å². The largest absolute Gasteiger partial charge is 0.487 e. The van der Waals surface area contributed by atoms with Crippen LogP contribution in [0.4, 0.5) is 0 Å². The van der Waals surface area contributed by atoms with Crippen molar-refractivity contribution in [1.82, 2.24) is 10.3 Å². The SMILES string of the molecule is Brc1cncc(OC2CCCNC2)c1. The van der Waals surface area contributed by atoms with E-state index in [1.54, 1.807) is 12.4 Å². The second-order valence-corrected chi connectivity index (χ2v) is 4.34. The first-order chi connectivity index (χ1) is 6.84. The average molecular weight is 257 g/mol. The molecule has 14 heavy (non-hydrogen) atoms. The van der Waals surface area contributed by atoms with Gasteiger partial charge < -0.3 is 10.1 Å². The van der Waals surface area contributed by atoms with Gasteiger partial charge in [0.2, 0.25) is 0 Å². The number of halogens is 1. The van der Waals surface area contributed by atoms with Gasteiger partial charge in [0.25, 0.3) is 0 Å². The van der Waals surface area contributed by atoms with Crippen LogP contribution in [-0.4, -0.2) is 24.2 Å². The Hall–Kier alpha value is -0.610. The molecule has 1 unspecified atom stereocenters. The first kappa shape index (κ1) is 9.93. The Bertz CT molecular complexity index is 300. The van der Waals surface area contributed by atoms with Crippen LogP contribution in [-0.2, 0) is 0 Å². The Morgan fingerprint density at radius 2 is 2.43 bits per heavy atom. The molecule has 0 saturated carbocycles. The van der Waals surface area contributed by atoms with Crippen LogP contribution in [0.1, 0.15) is 12.8 Å². The fourth-order valence-electron chi connectivity index (χ4n) is 1.57. The van der Waals surface area contributed by atoms with Gasteiger partial charge >= 0.3 is 0 Å². The van der Waals surface area contributed by atoms with Crippen molar-refractivity contribution in [2.24, 2.45) is 0 Å². The van der Waals surface area contributed by atoms with Crippen LogP contribution >= 0.6 is 15.9 Å². The van der Waals surface area contributed by atoms with Crippen molar-refractivity contribution in [3.63, 3.8) is 0 Å². The number of hydrogen-bond donors (Lipinski definition) is 1. The van der Waals surface area contributed by atoms with Gasteiger partial charge in [0.05, 0.1) is 6.20 Å². The maximum atomic E-state index is 5.78. The standard InChI is InChI=1S/C10H13BrN2O/c11-8-4-10(7-13-5-8)14-9-2-1-3-12-6-9/h4-5,7,9,12H,1-3,6H2. The van der Waals surface area contributed by atoms with Crippen molar-refractivity contribution in [2.45, 2.75) is 18.9 Å². The van der Waals surface area contributed by atoms with E-state index in [0.29, 0.717) is 6.10 Å². The van der Waals surface area contributed by atoms with Crippen molar-refractivity contribution in [3.05, 3.63) is 22.9 Å². The van der Waals surface area contributed by atoms with Crippen LogP contribution < -0.4 is 10.1 Å². The molecule has 2 rings (SSSR count). The third-order valence-corrected chi connectivity index (χ3v) is 2.67. The predicted molar refractivity (Wildman–Crippen MR) is 58.5 cm³/mol. The highest BCUT2D eigenvalue weighted by Crippen LogP contribution is 2.18. The zero-order valence-electron chi connectivity index (χ0n) is 7.87. The van der Waals surface area contributed by atoms with Crippen LogP contribution in [0.5, 0.6) is 5.75 Å². The highest BCUT2D eigenvalue weighted by Gasteiger charge is 2.14. The van der Waals surface area contributed by atoms with Gasteiger partial charge in [0, 0.05) is 17.2 Å². The molecule has 1 aliphatic rings. The number of hydrogen-bond acceptors (Lipinski definition) is 3. The number of aromatic nitrogens is 1. The molecular formula is C10H13BrN2O. The van der Waals surface area contributed by atoms with Gasteiger partial charge in [0.1, 0.15) is 11.9 Å². The third-order valence-electron chi connectivity index (χ3n) is 2.23. The lowest BCUT2D eigenvalue weighted by Crippen LogP contribution is -2.37. The van der Waals surface area contributed by atoms with Crippen molar-refractivity contribution >= 4 is 15.9 Å². The number of nitrogens with zero attached hydrogens (tertiary/aromatic N) is 1. The van der Waals surface area contributed by atoms with Crippen LogP contribution in [0.15, 0.2) is 22.9 Å². The number of piperidine rings is 1. The minimum absolute atomic E-state index is 0.292. The summed E-state index contributed by atoms with van der Waals surface area (Å²) in [4.78, 5) is 4.06. The molecule has 76 valence electrons. The lowest BCUT2D eigenvalue weighted by Gasteiger charge is -2.23. The Kier molecular flexibility index (Phi) is 3.37. The average Bonchev–Trinajstić information content (AvgIpc) is 2.19. The summed E-state index contributed by atoms with van der Waals surface area (Å²) in [5.41, 5.74) is 0. The van der Waals surface area contributed by atoms with E-state index < -0.39 is 0 Å². The third kappa shape index (κ3) is 2.69. The van der Waals surface area contributed by atoms with E-state index in [2.05, 4.69) is 26.2 Å². The molecular weight excluding hydrogens is 244 g/mol. The van der Waals surface area contributed by atoms with Crippen LogP contribution in [0.3, 0.4) is 0 Å². The van der Waals surface area contributed by atoms with Gasteiger partial charge in [-0.3, -0.25) is 4.98 Å². The van der Waals surface area contributed by atoms with E-state index in [9.17, 15) is 0 Å². The van der Waals surface area contributed by atoms with Gasteiger partial charge in [0.15, 0.2) is 0 Å². The highest BCUT2D eigenvalue weighted by atomic mass is 79.9. The summed E-state index contributed by atoms with van der Waals surface area (Å²) in [6.45, 7) is 2.04. The fourth-order valence-corrected chi connectivity index (χ4v) is 1.91. The van der Waals surface area contributed by atoms with E-state index in [1.165, 1.54) is 6.42 Å². The number of ether oxygens (including phenoxy) is 1. The molecule has 1 aromatic heterocycles. The number of nitrogens with one attached hydrogen (secondary N) is 1. The van der Waals surface area contributed by atoms with E-state index >= 15 is 0 Å². The summed E-state index contributed by atoms with van der Waals surface area (Å²) in [6, 6.07) is 1.95. The Morgan fingerprint density at radius 3 is 3.14 bits per heavy atom. The topological polar surface area (TPSA) is 34.1 Å². The summed E-state index contributed by atoms with van der Waals surface area (Å²) in [7, 11) is 0. The minimum Gasteiger partial charge on any atom is -0.487 e. The van der Waals surface area contributed by atoms with Crippen molar-refractivity contribution in [1.29, 1.82) is 0 Å². The molecule has 0 aliphatic carbocycles. The second-order valence-electron chi connectivity index (χ2n) is 3.43.